The number of hydrogen-bond acceptors (Lipinski definition) is 2. The predicted molar refractivity (Wildman–Crippen MR) is 89.0 cm³/mol. The van der Waals surface area contributed by atoms with Gasteiger partial charge in [0, 0.05) is 20.2 Å². The monoisotopic (exact) mass is 282 g/mol. The van der Waals surface area contributed by atoms with E-state index in [1.165, 1.54) is 11.1 Å². The lowest BCUT2D eigenvalue weighted by atomic mass is 9.96. The van der Waals surface area contributed by atoms with E-state index in [1.54, 1.807) is 11.3 Å². The van der Waals surface area contributed by atoms with Crippen LogP contribution in [0.15, 0.2) is 41.2 Å². The number of benzene rings is 2. The molecule has 1 heterocycles. The fourth-order valence-corrected chi connectivity index (χ4v) is 3.97. The van der Waals surface area contributed by atoms with Crippen LogP contribution in [0, 0.1) is 0 Å². The third-order valence-corrected chi connectivity index (χ3v) is 4.97. The first-order valence-electron chi connectivity index (χ1n) is 7.22. The van der Waals surface area contributed by atoms with Gasteiger partial charge in [-0.05, 0) is 42.2 Å². The molecule has 0 saturated heterocycles. The fraction of sp³-hybridized carbons (Fsp3) is 0.278. The molecule has 0 aliphatic rings. The zero-order valence-electron chi connectivity index (χ0n) is 11.9. The van der Waals surface area contributed by atoms with Crippen molar-refractivity contribution in [1.82, 2.24) is 0 Å². The molecule has 1 aromatic heterocycles. The van der Waals surface area contributed by atoms with Crippen molar-refractivity contribution in [2.45, 2.75) is 33.1 Å². The van der Waals surface area contributed by atoms with Crippen LogP contribution < -0.4 is 5.43 Å². The summed E-state index contributed by atoms with van der Waals surface area (Å²) < 4.78 is 2.20. The van der Waals surface area contributed by atoms with Crippen molar-refractivity contribution < 1.29 is 0 Å². The highest BCUT2D eigenvalue weighted by Crippen LogP contribution is 2.29. The Morgan fingerprint density at radius 3 is 2.55 bits per heavy atom. The van der Waals surface area contributed by atoms with E-state index in [4.69, 9.17) is 0 Å². The van der Waals surface area contributed by atoms with Gasteiger partial charge in [-0.1, -0.05) is 38.5 Å². The van der Waals surface area contributed by atoms with E-state index in [9.17, 15) is 4.79 Å². The standard InChI is InChI=1S/C18H18OS/c1-3-7-13-12(4-2)10-11-16-17(13)18(19)14-8-5-6-9-15(14)20-16/h5-6,8-11H,3-4,7H2,1-2H3. The Hall–Kier alpha value is -1.67. The van der Waals surface area contributed by atoms with Crippen molar-refractivity contribution in [1.29, 1.82) is 0 Å². The lowest BCUT2D eigenvalue weighted by Gasteiger charge is -2.11. The summed E-state index contributed by atoms with van der Waals surface area (Å²) in [7, 11) is 0. The Bertz CT molecular complexity index is 830. The molecule has 0 N–H and O–H groups in total. The molecule has 3 rings (SSSR count). The maximum atomic E-state index is 12.9. The maximum Gasteiger partial charge on any atom is 0.196 e. The number of hydrogen-bond donors (Lipinski definition) is 0. The van der Waals surface area contributed by atoms with Crippen LogP contribution in [0.2, 0.25) is 0 Å². The molecule has 0 aliphatic heterocycles. The van der Waals surface area contributed by atoms with Crippen LogP contribution in [-0.2, 0) is 12.8 Å². The topological polar surface area (TPSA) is 17.1 Å². The molecule has 0 saturated carbocycles. The SMILES string of the molecule is CCCc1c(CC)ccc2sc3ccccc3c(=O)c12. The van der Waals surface area contributed by atoms with Gasteiger partial charge in [-0.25, -0.2) is 0 Å². The van der Waals surface area contributed by atoms with E-state index in [0.29, 0.717) is 0 Å². The summed E-state index contributed by atoms with van der Waals surface area (Å²) in [5, 5.41) is 1.81. The second-order valence-electron chi connectivity index (χ2n) is 5.11. The van der Waals surface area contributed by atoms with E-state index in [0.717, 1.165) is 39.4 Å². The molecule has 0 bridgehead atoms. The summed E-state index contributed by atoms with van der Waals surface area (Å²) in [6.07, 6.45) is 3.05. The summed E-state index contributed by atoms with van der Waals surface area (Å²) in [6.45, 7) is 4.34. The first-order chi connectivity index (χ1) is 9.76. The molecule has 0 amide bonds. The first kappa shape index (κ1) is 13.3. The minimum Gasteiger partial charge on any atom is -0.288 e. The van der Waals surface area contributed by atoms with Gasteiger partial charge < -0.3 is 0 Å². The minimum atomic E-state index is 0.202. The molecular formula is C18H18OS. The lowest BCUT2D eigenvalue weighted by Crippen LogP contribution is -2.06. The van der Waals surface area contributed by atoms with Crippen molar-refractivity contribution >= 4 is 31.5 Å². The smallest absolute Gasteiger partial charge is 0.196 e. The highest BCUT2D eigenvalue weighted by Gasteiger charge is 2.12. The highest BCUT2D eigenvalue weighted by molar-refractivity contribution is 7.24. The highest BCUT2D eigenvalue weighted by atomic mass is 32.1. The number of aryl methyl sites for hydroxylation is 2. The third-order valence-electron chi connectivity index (χ3n) is 3.83. The molecule has 2 heteroatoms. The molecule has 0 radical (unpaired) electrons. The normalized spacial score (nSPS) is 11.3. The molecule has 0 aliphatic carbocycles. The van der Waals surface area contributed by atoms with Crippen molar-refractivity contribution in [3.05, 3.63) is 57.7 Å². The predicted octanol–water partition coefficient (Wildman–Crippen LogP) is 4.93. The van der Waals surface area contributed by atoms with Gasteiger partial charge in [0.15, 0.2) is 5.43 Å². The van der Waals surface area contributed by atoms with Gasteiger partial charge in [0.1, 0.15) is 0 Å². The van der Waals surface area contributed by atoms with Gasteiger partial charge in [-0.2, -0.15) is 0 Å². The molecular weight excluding hydrogens is 264 g/mol. The van der Waals surface area contributed by atoms with Crippen molar-refractivity contribution in [3.8, 4) is 0 Å². The van der Waals surface area contributed by atoms with E-state index < -0.39 is 0 Å². The minimum absolute atomic E-state index is 0.202. The molecule has 1 nitrogen and oxygen atoms in total. The molecule has 20 heavy (non-hydrogen) atoms. The van der Waals surface area contributed by atoms with Crippen LogP contribution in [0.4, 0.5) is 0 Å². The van der Waals surface area contributed by atoms with Gasteiger partial charge >= 0.3 is 0 Å². The maximum absolute atomic E-state index is 12.9. The Morgan fingerprint density at radius 1 is 1.00 bits per heavy atom. The summed E-state index contributed by atoms with van der Waals surface area (Å²) in [5.41, 5.74) is 2.78. The van der Waals surface area contributed by atoms with E-state index in [1.807, 2.05) is 24.3 Å². The summed E-state index contributed by atoms with van der Waals surface area (Å²) >= 11 is 1.72. The molecule has 0 atom stereocenters. The Balaban J connectivity index is 2.49. The average molecular weight is 282 g/mol. The van der Waals surface area contributed by atoms with Crippen LogP contribution in [0.5, 0.6) is 0 Å². The number of rotatable bonds is 3. The molecule has 0 spiro atoms. The zero-order valence-corrected chi connectivity index (χ0v) is 12.7. The van der Waals surface area contributed by atoms with Gasteiger partial charge in [0.2, 0.25) is 0 Å². The van der Waals surface area contributed by atoms with Crippen LogP contribution >= 0.6 is 11.3 Å². The zero-order chi connectivity index (χ0) is 14.1. The van der Waals surface area contributed by atoms with E-state index in [2.05, 4.69) is 26.0 Å². The van der Waals surface area contributed by atoms with E-state index in [-0.39, 0.29) is 5.43 Å². The van der Waals surface area contributed by atoms with Crippen molar-refractivity contribution in [3.63, 3.8) is 0 Å². The number of fused-ring (bicyclic) bond motifs is 2. The van der Waals surface area contributed by atoms with Gasteiger partial charge in [-0.3, -0.25) is 4.79 Å². The van der Waals surface area contributed by atoms with Gasteiger partial charge in [0.05, 0.1) is 0 Å². The molecule has 0 fully saturated rings. The Morgan fingerprint density at radius 2 is 1.80 bits per heavy atom. The van der Waals surface area contributed by atoms with Crippen molar-refractivity contribution in [2.24, 2.45) is 0 Å². The first-order valence-corrected chi connectivity index (χ1v) is 8.04. The quantitative estimate of drug-likeness (QED) is 0.622. The Labute approximate surface area is 122 Å². The average Bonchev–Trinajstić information content (AvgIpc) is 2.48. The molecule has 2 aromatic carbocycles. The summed E-state index contributed by atoms with van der Waals surface area (Å²) in [6, 6.07) is 12.2. The molecule has 102 valence electrons. The van der Waals surface area contributed by atoms with Crippen LogP contribution in [-0.4, -0.2) is 0 Å². The van der Waals surface area contributed by atoms with Crippen LogP contribution in [0.3, 0.4) is 0 Å². The second kappa shape index (κ2) is 5.37. The van der Waals surface area contributed by atoms with Crippen LogP contribution in [0.1, 0.15) is 31.4 Å². The second-order valence-corrected chi connectivity index (χ2v) is 6.19. The van der Waals surface area contributed by atoms with Gasteiger partial charge in [0.25, 0.3) is 0 Å². The van der Waals surface area contributed by atoms with Crippen LogP contribution in [0.25, 0.3) is 20.2 Å². The molecule has 3 aromatic rings. The summed E-state index contributed by atoms with van der Waals surface area (Å²) in [5.74, 6) is 0. The molecule has 0 unspecified atom stereocenters. The fourth-order valence-electron chi connectivity index (χ4n) is 2.87. The largest absolute Gasteiger partial charge is 0.288 e. The summed E-state index contributed by atoms with van der Waals surface area (Å²) in [4.78, 5) is 12.9. The van der Waals surface area contributed by atoms with E-state index >= 15 is 0 Å². The van der Waals surface area contributed by atoms with Crippen molar-refractivity contribution in [2.75, 3.05) is 0 Å². The van der Waals surface area contributed by atoms with Gasteiger partial charge in [-0.15, -0.1) is 11.3 Å². The Kier molecular flexibility index (Phi) is 3.58. The third kappa shape index (κ3) is 2.04. The lowest BCUT2D eigenvalue weighted by molar-refractivity contribution is 0.908.